The van der Waals surface area contributed by atoms with Gasteiger partial charge in [-0.25, -0.2) is 4.98 Å². The molecule has 1 atom stereocenters. The van der Waals surface area contributed by atoms with E-state index in [0.29, 0.717) is 31.9 Å². The van der Waals surface area contributed by atoms with Crippen molar-refractivity contribution in [2.45, 2.75) is 25.8 Å². The average molecular weight is 379 g/mol. The van der Waals surface area contributed by atoms with Crippen LogP contribution in [-0.4, -0.2) is 42.3 Å². The first-order valence-electron chi connectivity index (χ1n) is 9.69. The fourth-order valence-corrected chi connectivity index (χ4v) is 3.91. The molecule has 0 saturated carbocycles. The molecule has 0 N–H and O–H groups in total. The Morgan fingerprint density at radius 3 is 2.75 bits per heavy atom. The van der Waals surface area contributed by atoms with E-state index in [2.05, 4.69) is 10.6 Å². The molecule has 0 bridgehead atoms. The van der Waals surface area contributed by atoms with Crippen LogP contribution in [0.2, 0.25) is 0 Å². The quantitative estimate of drug-likeness (QED) is 0.589. The van der Waals surface area contributed by atoms with E-state index >= 15 is 0 Å². The zero-order valence-corrected chi connectivity index (χ0v) is 16.3. The van der Waals surface area contributed by atoms with Gasteiger partial charge in [-0.15, -0.1) is 0 Å². The van der Waals surface area contributed by atoms with Crippen LogP contribution in [0.5, 0.6) is 5.75 Å². The van der Waals surface area contributed by atoms with Crippen LogP contribution in [0.25, 0.3) is 11.0 Å². The Labute approximate surface area is 164 Å². The normalized spacial score (nSPS) is 16.9. The zero-order chi connectivity index (χ0) is 19.5. The number of hydrogen-bond donors (Lipinski definition) is 0. The molecule has 1 amide bonds. The maximum atomic E-state index is 12.8. The molecule has 3 aromatic rings. The maximum Gasteiger partial charge on any atom is 0.227 e. The van der Waals surface area contributed by atoms with Gasteiger partial charge >= 0.3 is 0 Å². The van der Waals surface area contributed by atoms with Crippen molar-refractivity contribution in [1.29, 1.82) is 0 Å². The summed E-state index contributed by atoms with van der Waals surface area (Å²) in [6.07, 6.45) is 0.440. The largest absolute Gasteiger partial charge is 0.495 e. The van der Waals surface area contributed by atoms with Gasteiger partial charge in [0.05, 0.1) is 30.4 Å². The van der Waals surface area contributed by atoms with Crippen molar-refractivity contribution in [3.63, 3.8) is 0 Å². The molecule has 146 valence electrons. The van der Waals surface area contributed by atoms with Crippen LogP contribution >= 0.6 is 0 Å². The van der Waals surface area contributed by atoms with E-state index in [0.717, 1.165) is 29.1 Å². The van der Waals surface area contributed by atoms with Crippen molar-refractivity contribution < 1.29 is 14.3 Å². The van der Waals surface area contributed by atoms with Gasteiger partial charge in [0, 0.05) is 32.0 Å². The number of benzene rings is 2. The number of carbonyl (C=O) groups excluding carboxylic acids is 1. The fraction of sp³-hybridized carbons (Fsp3) is 0.364. The molecule has 0 spiro atoms. The van der Waals surface area contributed by atoms with E-state index < -0.39 is 0 Å². The lowest BCUT2D eigenvalue weighted by molar-refractivity contribution is -0.117. The van der Waals surface area contributed by atoms with Crippen LogP contribution in [0.3, 0.4) is 0 Å². The monoisotopic (exact) mass is 379 g/mol. The Hall–Kier alpha value is -2.86. The summed E-state index contributed by atoms with van der Waals surface area (Å²) in [6.45, 7) is 4.63. The summed E-state index contributed by atoms with van der Waals surface area (Å²) in [6, 6.07) is 15.8. The SMILES string of the molecule is CCOCCn1c([C@@H]2CC(=O)N(c3ccccc3OC)C2)nc2ccccc21. The van der Waals surface area contributed by atoms with Crippen molar-refractivity contribution in [2.24, 2.45) is 0 Å². The number of ether oxygens (including phenoxy) is 2. The number of rotatable bonds is 7. The van der Waals surface area contributed by atoms with Crippen molar-refractivity contribution in [1.82, 2.24) is 9.55 Å². The Bertz CT molecular complexity index is 982. The molecular weight excluding hydrogens is 354 g/mol. The minimum Gasteiger partial charge on any atom is -0.495 e. The molecule has 1 saturated heterocycles. The number of fused-ring (bicyclic) bond motifs is 1. The molecule has 1 fully saturated rings. The van der Waals surface area contributed by atoms with Gasteiger partial charge in [0.2, 0.25) is 5.91 Å². The smallest absolute Gasteiger partial charge is 0.227 e. The van der Waals surface area contributed by atoms with E-state index in [4.69, 9.17) is 14.5 Å². The maximum absolute atomic E-state index is 12.8. The molecule has 6 heteroatoms. The number of nitrogens with zero attached hydrogens (tertiary/aromatic N) is 3. The predicted molar refractivity (Wildman–Crippen MR) is 109 cm³/mol. The number of aromatic nitrogens is 2. The van der Waals surface area contributed by atoms with Gasteiger partial charge in [0.1, 0.15) is 11.6 Å². The van der Waals surface area contributed by atoms with Gasteiger partial charge in [0.25, 0.3) is 0 Å². The van der Waals surface area contributed by atoms with E-state index in [9.17, 15) is 4.79 Å². The highest BCUT2D eigenvalue weighted by Crippen LogP contribution is 2.36. The summed E-state index contributed by atoms with van der Waals surface area (Å²) in [4.78, 5) is 19.5. The third kappa shape index (κ3) is 3.36. The molecule has 1 aromatic heterocycles. The summed E-state index contributed by atoms with van der Waals surface area (Å²) in [5, 5.41) is 0. The second kappa shape index (κ2) is 8.02. The highest BCUT2D eigenvalue weighted by molar-refractivity contribution is 5.97. The predicted octanol–water partition coefficient (Wildman–Crippen LogP) is 3.60. The minimum absolute atomic E-state index is 0.0337. The molecule has 6 nitrogen and oxygen atoms in total. The molecule has 0 unspecified atom stereocenters. The summed E-state index contributed by atoms with van der Waals surface area (Å²) in [7, 11) is 1.63. The van der Waals surface area contributed by atoms with Crippen molar-refractivity contribution in [3.05, 3.63) is 54.4 Å². The van der Waals surface area contributed by atoms with Crippen LogP contribution in [0.1, 0.15) is 25.1 Å². The highest BCUT2D eigenvalue weighted by Gasteiger charge is 2.35. The van der Waals surface area contributed by atoms with E-state index in [1.165, 1.54) is 0 Å². The Balaban J connectivity index is 1.67. The summed E-state index contributed by atoms with van der Waals surface area (Å²) >= 11 is 0. The molecule has 28 heavy (non-hydrogen) atoms. The number of para-hydroxylation sites is 4. The lowest BCUT2D eigenvalue weighted by atomic mass is 10.1. The second-order valence-electron chi connectivity index (χ2n) is 6.88. The van der Waals surface area contributed by atoms with E-state index in [1.54, 1.807) is 7.11 Å². The molecule has 0 radical (unpaired) electrons. The van der Waals surface area contributed by atoms with Crippen LogP contribution in [0.15, 0.2) is 48.5 Å². The highest BCUT2D eigenvalue weighted by atomic mass is 16.5. The van der Waals surface area contributed by atoms with Gasteiger partial charge in [-0.3, -0.25) is 4.79 Å². The number of amides is 1. The molecule has 0 aliphatic carbocycles. The van der Waals surface area contributed by atoms with Gasteiger partial charge < -0.3 is 18.9 Å². The van der Waals surface area contributed by atoms with E-state index in [-0.39, 0.29) is 11.8 Å². The van der Waals surface area contributed by atoms with E-state index in [1.807, 2.05) is 54.3 Å². The first kappa shape index (κ1) is 18.5. The second-order valence-corrected chi connectivity index (χ2v) is 6.88. The van der Waals surface area contributed by atoms with Gasteiger partial charge in [-0.1, -0.05) is 24.3 Å². The minimum atomic E-state index is 0.0337. The molecule has 4 rings (SSSR count). The standard InChI is InChI=1S/C22H25N3O3/c1-3-28-13-12-24-18-9-5-4-8-17(18)23-22(24)16-14-21(26)25(15-16)19-10-6-7-11-20(19)27-2/h4-11,16H,3,12-15H2,1-2H3/t16-/m1/s1. The van der Waals surface area contributed by atoms with Crippen LogP contribution in [0, 0.1) is 0 Å². The number of methoxy groups -OCH3 is 1. The molecule has 1 aliphatic heterocycles. The summed E-state index contributed by atoms with van der Waals surface area (Å²) in [5.41, 5.74) is 2.85. The first-order valence-corrected chi connectivity index (χ1v) is 9.69. The zero-order valence-electron chi connectivity index (χ0n) is 16.3. The molecule has 1 aliphatic rings. The van der Waals surface area contributed by atoms with Crippen molar-refractivity contribution in [3.8, 4) is 5.75 Å². The number of hydrogen-bond acceptors (Lipinski definition) is 4. The van der Waals surface area contributed by atoms with Crippen LogP contribution in [0.4, 0.5) is 5.69 Å². The van der Waals surface area contributed by atoms with Gasteiger partial charge in [-0.2, -0.15) is 0 Å². The van der Waals surface area contributed by atoms with Crippen LogP contribution < -0.4 is 9.64 Å². The number of carbonyl (C=O) groups is 1. The molecule has 2 heterocycles. The Kier molecular flexibility index (Phi) is 5.30. The number of anilines is 1. The lowest BCUT2D eigenvalue weighted by Crippen LogP contribution is -2.25. The van der Waals surface area contributed by atoms with Gasteiger partial charge in [-0.05, 0) is 31.2 Å². The topological polar surface area (TPSA) is 56.6 Å². The molecular formula is C22H25N3O3. The average Bonchev–Trinajstić information content (AvgIpc) is 3.29. The van der Waals surface area contributed by atoms with Crippen LogP contribution in [-0.2, 0) is 16.1 Å². The number of imidazole rings is 1. The summed E-state index contributed by atoms with van der Waals surface area (Å²) < 4.78 is 13.2. The Morgan fingerprint density at radius 1 is 1.14 bits per heavy atom. The third-order valence-electron chi connectivity index (χ3n) is 5.21. The van der Waals surface area contributed by atoms with Crippen molar-refractivity contribution >= 4 is 22.6 Å². The third-order valence-corrected chi connectivity index (χ3v) is 5.21. The fourth-order valence-electron chi connectivity index (χ4n) is 3.91. The summed E-state index contributed by atoms with van der Waals surface area (Å²) in [5.74, 6) is 1.79. The molecule has 2 aromatic carbocycles. The first-order chi connectivity index (χ1) is 13.7. The Morgan fingerprint density at radius 2 is 1.93 bits per heavy atom. The van der Waals surface area contributed by atoms with Crippen molar-refractivity contribution in [2.75, 3.05) is 31.8 Å². The van der Waals surface area contributed by atoms with Gasteiger partial charge in [0.15, 0.2) is 0 Å². The lowest BCUT2D eigenvalue weighted by Gasteiger charge is -2.19.